The molecule has 2 heterocycles. The van der Waals surface area contributed by atoms with E-state index in [4.69, 9.17) is 0 Å². The molecule has 4 rings (SSSR count). The second kappa shape index (κ2) is 4.13. The molecule has 108 valence electrons. The molecular formula is C15H13F2N3O. The molecule has 1 aliphatic carbocycles. The second-order valence-electron chi connectivity index (χ2n) is 5.57. The summed E-state index contributed by atoms with van der Waals surface area (Å²) in [5.74, 6) is -3.07. The molecule has 1 fully saturated rings. The third kappa shape index (κ3) is 1.93. The smallest absolute Gasteiger partial charge is 0.267 e. The molecule has 1 amide bonds. The molecule has 21 heavy (non-hydrogen) atoms. The molecule has 0 saturated heterocycles. The van der Waals surface area contributed by atoms with Gasteiger partial charge in [0.15, 0.2) is 0 Å². The first-order valence-electron chi connectivity index (χ1n) is 6.89. The van der Waals surface area contributed by atoms with Crippen LogP contribution in [0, 0.1) is 0 Å². The summed E-state index contributed by atoms with van der Waals surface area (Å²) in [7, 11) is 0. The molecule has 2 aromatic rings. The van der Waals surface area contributed by atoms with Crippen LogP contribution in [0.2, 0.25) is 0 Å². The van der Waals surface area contributed by atoms with Gasteiger partial charge in [-0.25, -0.2) is 14.7 Å². The molecule has 0 atom stereocenters. The van der Waals surface area contributed by atoms with Crippen LogP contribution in [0.1, 0.15) is 40.4 Å². The molecule has 2 aliphatic rings. The highest BCUT2D eigenvalue weighted by molar-refractivity contribution is 6.04. The summed E-state index contributed by atoms with van der Waals surface area (Å²) >= 11 is 0. The number of rotatable bonds is 2. The lowest BCUT2D eigenvalue weighted by Gasteiger charge is -2.34. The van der Waals surface area contributed by atoms with Gasteiger partial charge in [0.05, 0.1) is 17.5 Å². The molecule has 0 N–H and O–H groups in total. The zero-order chi connectivity index (χ0) is 14.6. The van der Waals surface area contributed by atoms with Crippen molar-refractivity contribution in [3.8, 4) is 0 Å². The van der Waals surface area contributed by atoms with Crippen LogP contribution in [0.25, 0.3) is 0 Å². The SMILES string of the molecule is O=C1c2ccccc2C(F)(F)CN1n1cnc(C2CC2)c1. The number of amides is 1. The van der Waals surface area contributed by atoms with Crippen molar-refractivity contribution in [2.45, 2.75) is 24.7 Å². The molecule has 1 aromatic carbocycles. The van der Waals surface area contributed by atoms with Crippen LogP contribution in [0.15, 0.2) is 36.8 Å². The highest BCUT2D eigenvalue weighted by Gasteiger charge is 2.44. The average Bonchev–Trinajstić information content (AvgIpc) is 3.21. The van der Waals surface area contributed by atoms with E-state index in [1.54, 1.807) is 12.3 Å². The summed E-state index contributed by atoms with van der Waals surface area (Å²) in [5, 5.41) is 1.06. The Hall–Kier alpha value is -2.24. The van der Waals surface area contributed by atoms with Crippen LogP contribution < -0.4 is 5.01 Å². The number of aromatic nitrogens is 2. The van der Waals surface area contributed by atoms with E-state index >= 15 is 0 Å². The maximum absolute atomic E-state index is 14.3. The Balaban J connectivity index is 1.75. The van der Waals surface area contributed by atoms with Gasteiger partial charge in [-0.3, -0.25) is 4.79 Å². The van der Waals surface area contributed by atoms with Gasteiger partial charge in [0.25, 0.3) is 11.8 Å². The molecular weight excluding hydrogens is 276 g/mol. The predicted molar refractivity (Wildman–Crippen MR) is 72.0 cm³/mol. The summed E-state index contributed by atoms with van der Waals surface area (Å²) < 4.78 is 29.9. The Morgan fingerprint density at radius 2 is 2.00 bits per heavy atom. The number of halogens is 2. The monoisotopic (exact) mass is 289 g/mol. The number of hydrogen-bond donors (Lipinski definition) is 0. The lowest BCUT2D eigenvalue weighted by atomic mass is 9.97. The second-order valence-corrected chi connectivity index (χ2v) is 5.57. The normalized spacial score (nSPS) is 20.5. The largest absolute Gasteiger partial charge is 0.293 e. The van der Waals surface area contributed by atoms with E-state index in [9.17, 15) is 13.6 Å². The van der Waals surface area contributed by atoms with Crippen LogP contribution >= 0.6 is 0 Å². The van der Waals surface area contributed by atoms with Gasteiger partial charge in [-0.05, 0) is 18.9 Å². The lowest BCUT2D eigenvalue weighted by Crippen LogP contribution is -2.50. The molecule has 0 radical (unpaired) electrons. The number of fused-ring (bicyclic) bond motifs is 1. The molecule has 1 aromatic heterocycles. The first kappa shape index (κ1) is 12.5. The minimum Gasteiger partial charge on any atom is -0.267 e. The topological polar surface area (TPSA) is 38.1 Å². The lowest BCUT2D eigenvalue weighted by molar-refractivity contribution is -0.00636. The minimum absolute atomic E-state index is 0.0513. The zero-order valence-corrected chi connectivity index (χ0v) is 11.2. The Morgan fingerprint density at radius 3 is 2.76 bits per heavy atom. The summed E-state index contributed by atoms with van der Waals surface area (Å²) in [4.78, 5) is 16.7. The van der Waals surface area contributed by atoms with Crippen molar-refractivity contribution in [2.24, 2.45) is 0 Å². The predicted octanol–water partition coefficient (Wildman–Crippen LogP) is 2.64. The molecule has 1 saturated carbocycles. The van der Waals surface area contributed by atoms with E-state index in [-0.39, 0.29) is 11.1 Å². The standard InChI is InChI=1S/C15H13F2N3O/c16-15(17)8-20(14(21)11-3-1-2-4-12(11)15)19-7-13(18-9-19)10-5-6-10/h1-4,7,9-10H,5-6,8H2. The van der Waals surface area contributed by atoms with E-state index in [1.165, 1.54) is 29.2 Å². The molecule has 0 unspecified atom stereocenters. The third-order valence-electron chi connectivity index (χ3n) is 4.00. The first-order valence-corrected chi connectivity index (χ1v) is 6.89. The van der Waals surface area contributed by atoms with Crippen molar-refractivity contribution in [1.29, 1.82) is 0 Å². The number of alkyl halides is 2. The van der Waals surface area contributed by atoms with Crippen molar-refractivity contribution < 1.29 is 13.6 Å². The fraction of sp³-hybridized carbons (Fsp3) is 0.333. The van der Waals surface area contributed by atoms with E-state index in [0.29, 0.717) is 5.92 Å². The van der Waals surface area contributed by atoms with Gasteiger partial charge in [0.1, 0.15) is 12.9 Å². The number of carbonyl (C=O) groups is 1. The highest BCUT2D eigenvalue weighted by atomic mass is 19.3. The first-order chi connectivity index (χ1) is 10.1. The molecule has 1 aliphatic heterocycles. The minimum atomic E-state index is -3.06. The number of imidazole rings is 1. The van der Waals surface area contributed by atoms with Gasteiger partial charge in [-0.2, -0.15) is 8.78 Å². The van der Waals surface area contributed by atoms with Gasteiger partial charge in [0.2, 0.25) is 0 Å². The number of hydrogen-bond acceptors (Lipinski definition) is 2. The quantitative estimate of drug-likeness (QED) is 0.852. The van der Waals surface area contributed by atoms with E-state index in [1.807, 2.05) is 0 Å². The van der Waals surface area contributed by atoms with Crippen molar-refractivity contribution in [1.82, 2.24) is 9.66 Å². The van der Waals surface area contributed by atoms with Crippen LogP contribution in [0.3, 0.4) is 0 Å². The van der Waals surface area contributed by atoms with Crippen molar-refractivity contribution in [3.63, 3.8) is 0 Å². The molecule has 4 nitrogen and oxygen atoms in total. The highest BCUT2D eigenvalue weighted by Crippen LogP contribution is 2.39. The molecule has 6 heteroatoms. The van der Waals surface area contributed by atoms with Crippen LogP contribution in [-0.4, -0.2) is 22.1 Å². The maximum atomic E-state index is 14.3. The fourth-order valence-electron chi connectivity index (χ4n) is 2.71. The van der Waals surface area contributed by atoms with Crippen molar-refractivity contribution >= 4 is 5.91 Å². The van der Waals surface area contributed by atoms with Gasteiger partial charge in [-0.1, -0.05) is 18.2 Å². The number of benzene rings is 1. The average molecular weight is 289 g/mol. The Kier molecular flexibility index (Phi) is 2.46. The Labute approximate surface area is 120 Å². The van der Waals surface area contributed by atoms with Crippen LogP contribution in [0.4, 0.5) is 8.78 Å². The third-order valence-corrected chi connectivity index (χ3v) is 4.00. The van der Waals surface area contributed by atoms with Gasteiger partial charge < -0.3 is 0 Å². The van der Waals surface area contributed by atoms with Crippen LogP contribution in [-0.2, 0) is 5.92 Å². The van der Waals surface area contributed by atoms with Gasteiger partial charge in [-0.15, -0.1) is 0 Å². The summed E-state index contributed by atoms with van der Waals surface area (Å²) in [5.41, 5.74) is 0.717. The fourth-order valence-corrected chi connectivity index (χ4v) is 2.71. The number of nitrogens with zero attached hydrogens (tertiary/aromatic N) is 3. The molecule has 0 bridgehead atoms. The zero-order valence-electron chi connectivity index (χ0n) is 11.2. The van der Waals surface area contributed by atoms with E-state index in [2.05, 4.69) is 4.98 Å². The number of carbonyl (C=O) groups excluding carboxylic acids is 1. The van der Waals surface area contributed by atoms with E-state index < -0.39 is 18.4 Å². The van der Waals surface area contributed by atoms with E-state index in [0.717, 1.165) is 23.5 Å². The summed E-state index contributed by atoms with van der Waals surface area (Å²) in [6.45, 7) is -0.663. The van der Waals surface area contributed by atoms with Gasteiger partial charge >= 0.3 is 0 Å². The summed E-state index contributed by atoms with van der Waals surface area (Å²) in [6.07, 6.45) is 5.27. The van der Waals surface area contributed by atoms with Gasteiger partial charge in [0, 0.05) is 11.5 Å². The van der Waals surface area contributed by atoms with Crippen LogP contribution in [0.5, 0.6) is 0 Å². The van der Waals surface area contributed by atoms with Crippen molar-refractivity contribution in [2.75, 3.05) is 11.6 Å². The Bertz CT molecular complexity index is 721. The summed E-state index contributed by atoms with van der Waals surface area (Å²) in [6, 6.07) is 5.88. The Morgan fingerprint density at radius 1 is 1.24 bits per heavy atom. The van der Waals surface area contributed by atoms with Crippen molar-refractivity contribution in [3.05, 3.63) is 53.6 Å². The molecule has 0 spiro atoms. The maximum Gasteiger partial charge on any atom is 0.293 e.